The summed E-state index contributed by atoms with van der Waals surface area (Å²) in [4.78, 5) is 13.6. The molecule has 0 unspecified atom stereocenters. The van der Waals surface area contributed by atoms with E-state index in [0.29, 0.717) is 22.3 Å². The molecule has 3 aromatic carbocycles. The first-order chi connectivity index (χ1) is 17.6. The van der Waals surface area contributed by atoms with E-state index in [1.807, 2.05) is 54.6 Å². The summed E-state index contributed by atoms with van der Waals surface area (Å²) in [5.41, 5.74) is 6.96. The third-order valence-electron chi connectivity index (χ3n) is 6.27. The zero-order valence-electron chi connectivity index (χ0n) is 20.2. The van der Waals surface area contributed by atoms with E-state index in [4.69, 9.17) is 4.98 Å². The summed E-state index contributed by atoms with van der Waals surface area (Å²) in [6, 6.07) is 25.1. The number of rotatable bonds is 4. The van der Waals surface area contributed by atoms with Gasteiger partial charge in [0.1, 0.15) is 5.75 Å². The van der Waals surface area contributed by atoms with Gasteiger partial charge in [0.15, 0.2) is 0 Å². The van der Waals surface area contributed by atoms with Crippen molar-refractivity contribution in [3.8, 4) is 39.5 Å². The molecule has 0 aliphatic carbocycles. The molecule has 0 saturated heterocycles. The van der Waals surface area contributed by atoms with E-state index in [1.165, 1.54) is 0 Å². The second-order valence-electron chi connectivity index (χ2n) is 9.00. The predicted octanol–water partition coefficient (Wildman–Crippen LogP) is 6.60. The van der Waals surface area contributed by atoms with Gasteiger partial charge in [0.2, 0.25) is 0 Å². The molecule has 0 fully saturated rings. The molecule has 6 rings (SSSR count). The average molecular weight is 664 g/mol. The van der Waals surface area contributed by atoms with E-state index < -0.39 is 0 Å². The summed E-state index contributed by atoms with van der Waals surface area (Å²) in [5, 5.41) is 21.5. The van der Waals surface area contributed by atoms with Crippen molar-refractivity contribution >= 4 is 21.8 Å². The molecule has 6 aromatic rings. The second kappa shape index (κ2) is 10.2. The molecule has 0 saturated carbocycles. The van der Waals surface area contributed by atoms with Crippen LogP contribution in [-0.2, 0) is 21.1 Å². The molecule has 3 heterocycles. The molecular formula is C30H22N5OPt-. The van der Waals surface area contributed by atoms with E-state index in [0.717, 1.165) is 38.9 Å². The van der Waals surface area contributed by atoms with E-state index >= 15 is 0 Å². The molecule has 37 heavy (non-hydrogen) atoms. The van der Waals surface area contributed by atoms with E-state index in [-0.39, 0.29) is 32.7 Å². The second-order valence-corrected chi connectivity index (χ2v) is 9.00. The van der Waals surface area contributed by atoms with Gasteiger partial charge >= 0.3 is 0 Å². The van der Waals surface area contributed by atoms with Crippen molar-refractivity contribution < 1.29 is 26.2 Å². The smallest absolute Gasteiger partial charge is 0.127 e. The number of nitrogens with zero attached hydrogens (tertiary/aromatic N) is 5. The van der Waals surface area contributed by atoms with E-state index in [9.17, 15) is 5.11 Å². The Labute approximate surface area is 228 Å². The molecule has 7 heteroatoms. The molecular weight excluding hydrogens is 641 g/mol. The molecule has 0 bridgehead atoms. The molecule has 0 aliphatic heterocycles. The molecule has 0 amide bonds. The number of phenolic OH excluding ortho intramolecular Hbond substituents is 1. The maximum absolute atomic E-state index is 10.8. The first kappa shape index (κ1) is 24.7. The number of benzene rings is 3. The quantitative estimate of drug-likeness (QED) is 0.214. The number of hydrogen-bond donors (Lipinski definition) is 1. The molecule has 0 spiro atoms. The van der Waals surface area contributed by atoms with Crippen LogP contribution in [0.25, 0.3) is 55.6 Å². The van der Waals surface area contributed by atoms with Crippen LogP contribution in [0.15, 0.2) is 85.3 Å². The third kappa shape index (κ3) is 4.73. The average Bonchev–Trinajstić information content (AvgIpc) is 2.92. The molecule has 0 atom stereocenters. The zero-order valence-corrected chi connectivity index (χ0v) is 22.4. The summed E-state index contributed by atoms with van der Waals surface area (Å²) in [5.74, 6) is 0.381. The van der Waals surface area contributed by atoms with Crippen molar-refractivity contribution in [3.63, 3.8) is 0 Å². The third-order valence-corrected chi connectivity index (χ3v) is 6.27. The Morgan fingerprint density at radius 3 is 2.35 bits per heavy atom. The van der Waals surface area contributed by atoms with Gasteiger partial charge in [0.25, 0.3) is 0 Å². The van der Waals surface area contributed by atoms with Crippen molar-refractivity contribution in [1.82, 2.24) is 25.1 Å². The molecule has 0 radical (unpaired) electrons. The van der Waals surface area contributed by atoms with Gasteiger partial charge in [-0.1, -0.05) is 55.3 Å². The van der Waals surface area contributed by atoms with Crippen molar-refractivity contribution in [2.45, 2.75) is 19.8 Å². The first-order valence-electron chi connectivity index (χ1n) is 11.8. The van der Waals surface area contributed by atoms with Crippen molar-refractivity contribution in [3.05, 3.63) is 97.0 Å². The molecule has 3 aromatic heterocycles. The summed E-state index contributed by atoms with van der Waals surface area (Å²) in [6.45, 7) is 4.28. The SMILES string of the molecule is CC(C)c1cc(-c2[c-]c(-c3nncc4ccccc34)ccc2)nc(-c2cc3nccnc3cc2O)c1.[Pt]. The van der Waals surface area contributed by atoms with Crippen molar-refractivity contribution in [2.24, 2.45) is 0 Å². The minimum atomic E-state index is 0. The fourth-order valence-electron chi connectivity index (χ4n) is 4.35. The fraction of sp³-hybridized carbons (Fsp3) is 0.100. The van der Waals surface area contributed by atoms with Gasteiger partial charge in [0.05, 0.1) is 22.9 Å². The van der Waals surface area contributed by atoms with Gasteiger partial charge in [-0.15, -0.1) is 24.3 Å². The topological polar surface area (TPSA) is 84.7 Å². The first-order valence-corrected chi connectivity index (χ1v) is 11.8. The van der Waals surface area contributed by atoms with Gasteiger partial charge in [-0.05, 0) is 34.4 Å². The van der Waals surface area contributed by atoms with Crippen LogP contribution in [0.2, 0.25) is 0 Å². The molecule has 6 nitrogen and oxygen atoms in total. The molecule has 0 aliphatic rings. The summed E-state index contributed by atoms with van der Waals surface area (Å²) in [7, 11) is 0. The number of aromatic hydroxyl groups is 1. The Morgan fingerprint density at radius 2 is 1.54 bits per heavy atom. The number of fused-ring (bicyclic) bond motifs is 2. The van der Waals surface area contributed by atoms with Crippen LogP contribution >= 0.6 is 0 Å². The van der Waals surface area contributed by atoms with Crippen molar-refractivity contribution in [2.75, 3.05) is 0 Å². The molecule has 184 valence electrons. The monoisotopic (exact) mass is 663 g/mol. The van der Waals surface area contributed by atoms with E-state index in [1.54, 1.807) is 24.7 Å². The summed E-state index contributed by atoms with van der Waals surface area (Å²) >= 11 is 0. The minimum absolute atomic E-state index is 0. The maximum atomic E-state index is 10.8. The van der Waals surface area contributed by atoms with Crippen LogP contribution in [0, 0.1) is 6.07 Å². The van der Waals surface area contributed by atoms with Crippen molar-refractivity contribution in [1.29, 1.82) is 0 Å². The van der Waals surface area contributed by atoms with Gasteiger partial charge in [-0.2, -0.15) is 10.2 Å². The summed E-state index contributed by atoms with van der Waals surface area (Å²) < 4.78 is 0. The number of aromatic nitrogens is 5. The standard InChI is InChI=1S/C30H22N5O.Pt/c1-18(2)22-13-25(34-26(14-22)24-15-27-28(16-29(24)36)32-11-10-31-27)19-7-5-8-20(12-19)30-23-9-4-3-6-21(23)17-33-35-30;/h3-11,13-18,36H,1-2H3;/q-1;. The summed E-state index contributed by atoms with van der Waals surface area (Å²) in [6.07, 6.45) is 5.02. The van der Waals surface area contributed by atoms with Gasteiger partial charge < -0.3 is 5.11 Å². The van der Waals surface area contributed by atoms with Crippen LogP contribution in [0.1, 0.15) is 25.3 Å². The maximum Gasteiger partial charge on any atom is 0.127 e. The van der Waals surface area contributed by atoms with Gasteiger partial charge in [-0.3, -0.25) is 15.0 Å². The number of phenols is 1. The van der Waals surface area contributed by atoms with Crippen LogP contribution < -0.4 is 0 Å². The van der Waals surface area contributed by atoms with Gasteiger partial charge in [0, 0.05) is 56.5 Å². The Kier molecular flexibility index (Phi) is 6.77. The Hall–Kier alpha value is -4.02. The Morgan fingerprint density at radius 1 is 0.811 bits per heavy atom. The largest absolute Gasteiger partial charge is 0.507 e. The number of pyridine rings is 1. The van der Waals surface area contributed by atoms with Gasteiger partial charge in [-0.25, -0.2) is 0 Å². The predicted molar refractivity (Wildman–Crippen MR) is 141 cm³/mol. The van der Waals surface area contributed by atoms with Crippen LogP contribution in [0.4, 0.5) is 0 Å². The van der Waals surface area contributed by atoms with Crippen LogP contribution in [0.3, 0.4) is 0 Å². The minimum Gasteiger partial charge on any atom is -0.507 e. The fourth-order valence-corrected chi connectivity index (χ4v) is 4.35. The molecule has 1 N–H and O–H groups in total. The Balaban J connectivity index is 0.00000280. The van der Waals surface area contributed by atoms with E-state index in [2.05, 4.69) is 46.1 Å². The zero-order chi connectivity index (χ0) is 24.6. The number of hydrogen-bond acceptors (Lipinski definition) is 6. The normalized spacial score (nSPS) is 11.1. The van der Waals surface area contributed by atoms with Crippen LogP contribution in [-0.4, -0.2) is 30.3 Å². The Bertz CT molecular complexity index is 1750. The van der Waals surface area contributed by atoms with Crippen LogP contribution in [0.5, 0.6) is 5.75 Å².